The average molecular weight is 666 g/mol. The standard InChI is InChI=1S/6BrH.Re/h6*1H;/q;;;;;;+4/p-6. The van der Waals surface area contributed by atoms with Crippen LogP contribution in [-0.2, 0) is 0.992 Å². The Kier molecular flexibility index (Phi) is 3.05. The predicted molar refractivity (Wildman–Crippen MR) is 53.6 cm³/mol. The molecule has 0 bridgehead atoms. The third kappa shape index (κ3) is 43.3. The Morgan fingerprint density at radius 3 is 0.571 bits per heavy atom. The fourth-order valence-electron chi connectivity index (χ4n) is 0. The van der Waals surface area contributed by atoms with Gasteiger partial charge >= 0.3 is 81.6 Å². The van der Waals surface area contributed by atoms with Gasteiger partial charge in [-0.3, -0.25) is 0 Å². The summed E-state index contributed by atoms with van der Waals surface area (Å²) in [6.45, 7) is 0. The van der Waals surface area contributed by atoms with Gasteiger partial charge in [-0.25, -0.2) is 0 Å². The Hall–Kier alpha value is 3.54. The second-order valence-corrected chi connectivity index (χ2v) is 179. The molecule has 51 valence electrons. The molecule has 0 aliphatic carbocycles. The Morgan fingerprint density at radius 2 is 0.571 bits per heavy atom. The summed E-state index contributed by atoms with van der Waals surface area (Å²) >= 11 is 20.2. The maximum absolute atomic E-state index is 3.38. The van der Waals surface area contributed by atoms with Gasteiger partial charge in [0.15, 0.2) is 0 Å². The fourth-order valence-corrected chi connectivity index (χ4v) is 0. The molecule has 0 aromatic rings. The zero-order valence-electron chi connectivity index (χ0n) is 2.65. The Balaban J connectivity index is 4.43. The Bertz CT molecular complexity index is 62.7. The van der Waals surface area contributed by atoms with Crippen molar-refractivity contribution in [1.82, 2.24) is 0 Å². The van der Waals surface area contributed by atoms with Gasteiger partial charge in [0, 0.05) is 0 Å². The maximum atomic E-state index is 3.36. The Morgan fingerprint density at radius 1 is 0.571 bits per heavy atom. The molecule has 0 saturated carbocycles. The van der Waals surface area contributed by atoms with Crippen LogP contribution < -0.4 is 0 Å². The van der Waals surface area contributed by atoms with Gasteiger partial charge < -0.3 is 0 Å². The van der Waals surface area contributed by atoms with Crippen molar-refractivity contribution in [1.29, 1.82) is 0 Å². The van der Waals surface area contributed by atoms with Gasteiger partial charge in [-0.05, 0) is 0 Å². The van der Waals surface area contributed by atoms with E-state index in [4.69, 9.17) is 0 Å². The van der Waals surface area contributed by atoms with E-state index in [1.54, 1.807) is 0 Å². The average Bonchev–Trinajstić information content (AvgIpc) is 0.592. The van der Waals surface area contributed by atoms with Crippen molar-refractivity contribution in [2.45, 2.75) is 0 Å². The molecule has 0 spiro atoms. The molecule has 0 nitrogen and oxygen atoms in total. The van der Waals surface area contributed by atoms with Crippen LogP contribution in [0.15, 0.2) is 0 Å². The van der Waals surface area contributed by atoms with Crippen molar-refractivity contribution in [2.75, 3.05) is 0 Å². The van der Waals surface area contributed by atoms with Crippen LogP contribution in [0.1, 0.15) is 0 Å². The first-order chi connectivity index (χ1) is 2.45. The van der Waals surface area contributed by atoms with Crippen LogP contribution in [0.3, 0.4) is 0 Å². The van der Waals surface area contributed by atoms with Gasteiger partial charge in [0.05, 0.1) is 0 Å². The summed E-state index contributed by atoms with van der Waals surface area (Å²) in [7, 11) is 0. The van der Waals surface area contributed by atoms with Crippen LogP contribution in [0.5, 0.6) is 0 Å². The molecule has 0 rings (SSSR count). The molecule has 7 heteroatoms. The molecule has 0 N–H and O–H groups in total. The summed E-state index contributed by atoms with van der Waals surface area (Å²) in [5, 5.41) is 0. The zero-order chi connectivity index (χ0) is 6.41. The summed E-state index contributed by atoms with van der Waals surface area (Å²) in [6.07, 6.45) is 0. The summed E-state index contributed by atoms with van der Waals surface area (Å²) in [5.41, 5.74) is 0. The van der Waals surface area contributed by atoms with Crippen LogP contribution in [0, 0.1) is 0 Å². The molecule has 0 unspecified atom stereocenters. The molecule has 7 heavy (non-hydrogen) atoms. The van der Waals surface area contributed by atoms with E-state index in [0.717, 1.165) is 0 Å². The minimum absolute atomic E-state index is 3.36. The second-order valence-electron chi connectivity index (χ2n) is 0.810. The molecular formula is Br6Re-2. The van der Waals surface area contributed by atoms with E-state index in [0.29, 0.717) is 0 Å². The van der Waals surface area contributed by atoms with E-state index < -0.39 is 0.992 Å². The first-order valence-electron chi connectivity index (χ1n) is 0.857. The first-order valence-corrected chi connectivity index (χ1v) is 36.5. The van der Waals surface area contributed by atoms with Gasteiger partial charge in [-0.15, -0.1) is 0 Å². The minimum atomic E-state index is -3.38. The van der Waals surface area contributed by atoms with Gasteiger partial charge in [0.1, 0.15) is 0 Å². The van der Waals surface area contributed by atoms with Crippen LogP contribution in [0.2, 0.25) is 0 Å². The van der Waals surface area contributed by atoms with E-state index in [1.165, 1.54) is 0 Å². The normalized spacial score (nSPS) is 23.1. The number of halogens is 6. The van der Waals surface area contributed by atoms with Crippen molar-refractivity contribution in [3.63, 3.8) is 0 Å². The van der Waals surface area contributed by atoms with Crippen molar-refractivity contribution in [3.8, 4) is 0 Å². The van der Waals surface area contributed by atoms with E-state index in [9.17, 15) is 0 Å². The van der Waals surface area contributed by atoms with E-state index in [1.807, 2.05) is 0 Å². The van der Waals surface area contributed by atoms with Gasteiger partial charge in [0.25, 0.3) is 0 Å². The molecule has 0 aromatic carbocycles. The molecule has 0 aromatic heterocycles. The van der Waals surface area contributed by atoms with Crippen LogP contribution in [0.4, 0.5) is 0 Å². The molecule has 0 aliphatic heterocycles. The molecule has 0 amide bonds. The zero-order valence-corrected chi connectivity index (χ0v) is 14.9. The summed E-state index contributed by atoms with van der Waals surface area (Å²) in [6, 6.07) is 0. The summed E-state index contributed by atoms with van der Waals surface area (Å²) in [4.78, 5) is 0. The topological polar surface area (TPSA) is 0 Å². The molecule has 0 radical (unpaired) electrons. The fraction of sp³-hybridized carbons (Fsp3) is 0. The van der Waals surface area contributed by atoms with Crippen molar-refractivity contribution in [3.05, 3.63) is 0 Å². The van der Waals surface area contributed by atoms with E-state index >= 15 is 0 Å². The predicted octanol–water partition coefficient (Wildman–Crippen LogP) is 5.07. The van der Waals surface area contributed by atoms with Crippen LogP contribution in [0.25, 0.3) is 0 Å². The first kappa shape index (κ1) is 10.5. The van der Waals surface area contributed by atoms with Gasteiger partial charge in [-0.2, -0.15) is 0 Å². The molecule has 0 saturated heterocycles. The molecule has 0 atom stereocenters. The third-order valence-corrected chi connectivity index (χ3v) is 0. The molecular weight excluding hydrogens is 666 g/mol. The molecule has 0 heterocycles. The third-order valence-electron chi connectivity index (χ3n) is 0. The number of hydrogen-bond donors (Lipinski definition) is 0. The van der Waals surface area contributed by atoms with Gasteiger partial charge in [0.2, 0.25) is 0 Å². The monoisotopic (exact) mass is 660 g/mol. The second kappa shape index (κ2) is 2.03. The SMILES string of the molecule is [Br][Re-2]([Br])([Br])([Br])([Br])[Br]. The summed E-state index contributed by atoms with van der Waals surface area (Å²) < 4.78 is -3.38. The van der Waals surface area contributed by atoms with Crippen molar-refractivity contribution in [2.24, 2.45) is 0 Å². The summed E-state index contributed by atoms with van der Waals surface area (Å²) in [5.74, 6) is 0. The molecule has 0 aliphatic rings. The van der Waals surface area contributed by atoms with Gasteiger partial charge in [-0.1, -0.05) is 0 Å². The van der Waals surface area contributed by atoms with Crippen LogP contribution in [-0.4, -0.2) is 0 Å². The molecule has 0 fully saturated rings. The van der Waals surface area contributed by atoms with E-state index in [2.05, 4.69) is 80.6 Å². The number of rotatable bonds is 0. The van der Waals surface area contributed by atoms with E-state index in [-0.39, 0.29) is 0 Å². The van der Waals surface area contributed by atoms with Crippen molar-refractivity contribution < 1.29 is 0.992 Å². The number of hydrogen-bond acceptors (Lipinski definition) is 0. The van der Waals surface area contributed by atoms with Crippen molar-refractivity contribution >= 4 is 80.6 Å². The van der Waals surface area contributed by atoms with Crippen LogP contribution >= 0.6 is 80.6 Å². The Labute approximate surface area is 79.5 Å². The quantitative estimate of drug-likeness (QED) is 0.339.